The molecule has 0 bridgehead atoms. The summed E-state index contributed by atoms with van der Waals surface area (Å²) in [5, 5.41) is 3.55. The Balaban J connectivity index is 1.91. The van der Waals surface area contributed by atoms with Crippen molar-refractivity contribution >= 4 is 0 Å². The highest BCUT2D eigenvalue weighted by Crippen LogP contribution is 2.10. The van der Waals surface area contributed by atoms with Crippen molar-refractivity contribution in [1.29, 1.82) is 0 Å². The molecule has 0 aliphatic carbocycles. The van der Waals surface area contributed by atoms with Crippen LogP contribution in [-0.2, 0) is 6.54 Å². The Morgan fingerprint density at radius 1 is 1.31 bits per heavy atom. The first kappa shape index (κ1) is 11.6. The standard InChI is InChI=1S/C14H22N2/c1-3-14-11-16(9-8-15-14)10-13-6-4-12(2)5-7-13/h4-7,14-15H,3,8-11H2,1-2H3. The van der Waals surface area contributed by atoms with E-state index in [1.54, 1.807) is 0 Å². The molecule has 1 heterocycles. The highest BCUT2D eigenvalue weighted by molar-refractivity contribution is 5.21. The number of piperazine rings is 1. The molecule has 0 saturated carbocycles. The maximum Gasteiger partial charge on any atom is 0.0234 e. The Labute approximate surface area is 98.7 Å². The topological polar surface area (TPSA) is 15.3 Å². The van der Waals surface area contributed by atoms with Crippen LogP contribution in [0.25, 0.3) is 0 Å². The molecule has 1 N–H and O–H groups in total. The van der Waals surface area contributed by atoms with E-state index in [0.29, 0.717) is 6.04 Å². The molecule has 1 saturated heterocycles. The molecule has 1 aromatic carbocycles. The van der Waals surface area contributed by atoms with Gasteiger partial charge in [-0.1, -0.05) is 36.8 Å². The molecule has 1 atom stereocenters. The van der Waals surface area contributed by atoms with Gasteiger partial charge >= 0.3 is 0 Å². The average Bonchev–Trinajstić information content (AvgIpc) is 2.32. The van der Waals surface area contributed by atoms with Crippen molar-refractivity contribution in [2.75, 3.05) is 19.6 Å². The van der Waals surface area contributed by atoms with Crippen LogP contribution in [0.2, 0.25) is 0 Å². The van der Waals surface area contributed by atoms with Crippen LogP contribution in [-0.4, -0.2) is 30.6 Å². The summed E-state index contributed by atoms with van der Waals surface area (Å²) in [6, 6.07) is 9.58. The summed E-state index contributed by atoms with van der Waals surface area (Å²) < 4.78 is 0. The fourth-order valence-corrected chi connectivity index (χ4v) is 2.26. The quantitative estimate of drug-likeness (QED) is 0.836. The molecule has 0 amide bonds. The van der Waals surface area contributed by atoms with E-state index in [2.05, 4.69) is 48.3 Å². The largest absolute Gasteiger partial charge is 0.311 e. The highest BCUT2D eigenvalue weighted by Gasteiger charge is 2.17. The predicted molar refractivity (Wildman–Crippen MR) is 68.5 cm³/mol. The van der Waals surface area contributed by atoms with E-state index in [0.717, 1.165) is 13.1 Å². The Hall–Kier alpha value is -0.860. The summed E-state index contributed by atoms with van der Waals surface area (Å²) >= 11 is 0. The molecule has 1 aromatic rings. The van der Waals surface area contributed by atoms with Gasteiger partial charge in [0.05, 0.1) is 0 Å². The minimum Gasteiger partial charge on any atom is -0.311 e. The monoisotopic (exact) mass is 218 g/mol. The van der Waals surface area contributed by atoms with Crippen molar-refractivity contribution in [3.05, 3.63) is 35.4 Å². The lowest BCUT2D eigenvalue weighted by molar-refractivity contribution is 0.190. The Bertz CT molecular complexity index is 318. The molecule has 16 heavy (non-hydrogen) atoms. The minimum absolute atomic E-state index is 0.680. The number of hydrogen-bond acceptors (Lipinski definition) is 2. The highest BCUT2D eigenvalue weighted by atomic mass is 15.2. The second kappa shape index (κ2) is 5.46. The van der Waals surface area contributed by atoms with E-state index in [1.165, 1.54) is 30.6 Å². The van der Waals surface area contributed by atoms with Crippen LogP contribution in [0.15, 0.2) is 24.3 Å². The van der Waals surface area contributed by atoms with E-state index in [9.17, 15) is 0 Å². The van der Waals surface area contributed by atoms with Crippen LogP contribution < -0.4 is 5.32 Å². The average molecular weight is 218 g/mol. The van der Waals surface area contributed by atoms with E-state index >= 15 is 0 Å². The van der Waals surface area contributed by atoms with Gasteiger partial charge in [-0.15, -0.1) is 0 Å². The maximum atomic E-state index is 3.55. The van der Waals surface area contributed by atoms with E-state index in [4.69, 9.17) is 0 Å². The number of aryl methyl sites for hydroxylation is 1. The lowest BCUT2D eigenvalue weighted by Gasteiger charge is -2.33. The summed E-state index contributed by atoms with van der Waals surface area (Å²) in [6.45, 7) is 8.98. The molecule has 1 aliphatic heterocycles. The fourth-order valence-electron chi connectivity index (χ4n) is 2.26. The van der Waals surface area contributed by atoms with Crippen molar-refractivity contribution in [3.8, 4) is 0 Å². The van der Waals surface area contributed by atoms with Gasteiger partial charge in [0.25, 0.3) is 0 Å². The Kier molecular flexibility index (Phi) is 3.97. The van der Waals surface area contributed by atoms with Crippen molar-refractivity contribution < 1.29 is 0 Å². The smallest absolute Gasteiger partial charge is 0.0234 e. The van der Waals surface area contributed by atoms with Crippen molar-refractivity contribution in [2.45, 2.75) is 32.9 Å². The normalized spacial score (nSPS) is 22.2. The van der Waals surface area contributed by atoms with Gasteiger partial charge in [-0.2, -0.15) is 0 Å². The number of benzene rings is 1. The van der Waals surface area contributed by atoms with Crippen molar-refractivity contribution in [3.63, 3.8) is 0 Å². The summed E-state index contributed by atoms with van der Waals surface area (Å²) in [7, 11) is 0. The molecule has 2 heteroatoms. The first-order valence-electron chi connectivity index (χ1n) is 6.29. The van der Waals surface area contributed by atoms with Gasteiger partial charge in [0.1, 0.15) is 0 Å². The van der Waals surface area contributed by atoms with E-state index in [1.807, 2.05) is 0 Å². The van der Waals surface area contributed by atoms with Crippen molar-refractivity contribution in [1.82, 2.24) is 10.2 Å². The summed E-state index contributed by atoms with van der Waals surface area (Å²) in [6.07, 6.45) is 1.23. The summed E-state index contributed by atoms with van der Waals surface area (Å²) in [4.78, 5) is 2.55. The fraction of sp³-hybridized carbons (Fsp3) is 0.571. The molecule has 0 spiro atoms. The molecule has 88 valence electrons. The first-order chi connectivity index (χ1) is 7.78. The van der Waals surface area contributed by atoms with Gasteiger partial charge in [0, 0.05) is 32.2 Å². The molecule has 1 fully saturated rings. The molecular weight excluding hydrogens is 196 g/mol. The minimum atomic E-state index is 0.680. The second-order valence-corrected chi connectivity index (χ2v) is 4.78. The number of nitrogens with one attached hydrogen (secondary N) is 1. The van der Waals surface area contributed by atoms with Crippen LogP contribution in [0, 0.1) is 6.92 Å². The summed E-state index contributed by atoms with van der Waals surface area (Å²) in [5.41, 5.74) is 2.78. The van der Waals surface area contributed by atoms with Gasteiger partial charge in [-0.05, 0) is 18.9 Å². The van der Waals surface area contributed by atoms with Crippen LogP contribution in [0.4, 0.5) is 0 Å². The molecule has 2 rings (SSSR count). The maximum absolute atomic E-state index is 3.55. The third kappa shape index (κ3) is 3.06. The molecule has 0 aromatic heterocycles. The van der Waals surface area contributed by atoms with Crippen molar-refractivity contribution in [2.24, 2.45) is 0 Å². The van der Waals surface area contributed by atoms with Gasteiger partial charge in [-0.25, -0.2) is 0 Å². The van der Waals surface area contributed by atoms with Gasteiger partial charge < -0.3 is 5.32 Å². The van der Waals surface area contributed by atoms with E-state index in [-0.39, 0.29) is 0 Å². The lowest BCUT2D eigenvalue weighted by atomic mass is 10.1. The SMILES string of the molecule is CCC1CN(Cc2ccc(C)cc2)CCN1. The molecule has 0 radical (unpaired) electrons. The molecule has 1 unspecified atom stereocenters. The Morgan fingerprint density at radius 2 is 2.06 bits per heavy atom. The zero-order valence-electron chi connectivity index (χ0n) is 10.4. The Morgan fingerprint density at radius 3 is 2.75 bits per heavy atom. The molecule has 1 aliphatic rings. The zero-order valence-corrected chi connectivity index (χ0v) is 10.4. The molecular formula is C14H22N2. The van der Waals surface area contributed by atoms with E-state index < -0.39 is 0 Å². The summed E-state index contributed by atoms with van der Waals surface area (Å²) in [5.74, 6) is 0. The third-order valence-corrected chi connectivity index (χ3v) is 3.36. The van der Waals surface area contributed by atoms with Gasteiger partial charge in [0.15, 0.2) is 0 Å². The first-order valence-corrected chi connectivity index (χ1v) is 6.29. The number of rotatable bonds is 3. The van der Waals surface area contributed by atoms with Crippen LogP contribution in [0.3, 0.4) is 0 Å². The molecule has 2 nitrogen and oxygen atoms in total. The van der Waals surface area contributed by atoms with Crippen LogP contribution >= 0.6 is 0 Å². The zero-order chi connectivity index (χ0) is 11.4. The number of hydrogen-bond donors (Lipinski definition) is 1. The second-order valence-electron chi connectivity index (χ2n) is 4.78. The van der Waals surface area contributed by atoms with Crippen LogP contribution in [0.5, 0.6) is 0 Å². The van der Waals surface area contributed by atoms with Crippen LogP contribution in [0.1, 0.15) is 24.5 Å². The lowest BCUT2D eigenvalue weighted by Crippen LogP contribution is -2.49. The number of nitrogens with zero attached hydrogens (tertiary/aromatic N) is 1. The predicted octanol–water partition coefficient (Wildman–Crippen LogP) is 2.18. The third-order valence-electron chi connectivity index (χ3n) is 3.36. The van der Waals surface area contributed by atoms with Gasteiger partial charge in [-0.3, -0.25) is 4.90 Å². The van der Waals surface area contributed by atoms with Gasteiger partial charge in [0.2, 0.25) is 0 Å².